The SMILES string of the molecule is CCOC(=O)c1c(-c2ccc(C#N)cc2)nc2c(-c3ccc(F)cc3F)c(-c3ccccc3)[nH]n2c1=O. The number of nitrogens with one attached hydrogen (secondary N) is 1. The molecule has 1 N–H and O–H groups in total. The topological polar surface area (TPSA) is 100 Å². The van der Waals surface area contributed by atoms with Gasteiger partial charge in [-0.15, -0.1) is 0 Å². The maximum absolute atomic E-state index is 15.1. The smallest absolute Gasteiger partial charge is 0.346 e. The van der Waals surface area contributed by atoms with Gasteiger partial charge in [0.25, 0.3) is 5.56 Å². The van der Waals surface area contributed by atoms with Crippen LogP contribution in [0.15, 0.2) is 77.6 Å². The summed E-state index contributed by atoms with van der Waals surface area (Å²) in [5.74, 6) is -2.48. The van der Waals surface area contributed by atoms with Gasteiger partial charge in [-0.3, -0.25) is 9.89 Å². The first-order valence-electron chi connectivity index (χ1n) is 11.3. The summed E-state index contributed by atoms with van der Waals surface area (Å²) in [6.07, 6.45) is 0. The van der Waals surface area contributed by atoms with Crippen molar-refractivity contribution in [1.82, 2.24) is 14.6 Å². The van der Waals surface area contributed by atoms with Gasteiger partial charge in [0, 0.05) is 22.8 Å². The highest BCUT2D eigenvalue weighted by molar-refractivity contribution is 5.98. The number of nitriles is 1. The largest absolute Gasteiger partial charge is 0.462 e. The maximum atomic E-state index is 15.1. The van der Waals surface area contributed by atoms with Gasteiger partial charge >= 0.3 is 5.97 Å². The third-order valence-corrected chi connectivity index (χ3v) is 5.81. The van der Waals surface area contributed by atoms with Crippen molar-refractivity contribution in [3.8, 4) is 39.7 Å². The first kappa shape index (κ1) is 23.6. The van der Waals surface area contributed by atoms with E-state index in [1.54, 1.807) is 49.4 Å². The molecule has 0 bridgehead atoms. The summed E-state index contributed by atoms with van der Waals surface area (Å²) in [6.45, 7) is 1.64. The van der Waals surface area contributed by atoms with Crippen LogP contribution in [0.1, 0.15) is 22.8 Å². The molecule has 182 valence electrons. The molecule has 0 unspecified atom stereocenters. The molecular weight excluding hydrogens is 478 g/mol. The van der Waals surface area contributed by atoms with Crippen LogP contribution in [0, 0.1) is 23.0 Å². The summed E-state index contributed by atoms with van der Waals surface area (Å²) >= 11 is 0. The number of aromatic nitrogens is 3. The van der Waals surface area contributed by atoms with Crippen LogP contribution in [0.3, 0.4) is 0 Å². The highest BCUT2D eigenvalue weighted by atomic mass is 19.1. The quantitative estimate of drug-likeness (QED) is 0.331. The molecule has 0 atom stereocenters. The van der Waals surface area contributed by atoms with E-state index in [2.05, 4.69) is 10.1 Å². The van der Waals surface area contributed by atoms with Gasteiger partial charge in [0.2, 0.25) is 0 Å². The van der Waals surface area contributed by atoms with Gasteiger partial charge in [-0.05, 0) is 31.2 Å². The minimum absolute atomic E-state index is 0.00956. The average Bonchev–Trinajstić information content (AvgIpc) is 3.29. The molecular formula is C28H18F2N4O3. The molecule has 0 aliphatic heterocycles. The van der Waals surface area contributed by atoms with E-state index in [1.807, 2.05) is 6.07 Å². The third-order valence-electron chi connectivity index (χ3n) is 5.81. The summed E-state index contributed by atoms with van der Waals surface area (Å²) < 4.78 is 35.0. The highest BCUT2D eigenvalue weighted by Gasteiger charge is 2.27. The summed E-state index contributed by atoms with van der Waals surface area (Å²) in [7, 11) is 0. The zero-order chi connectivity index (χ0) is 26.1. The number of aromatic amines is 1. The maximum Gasteiger partial charge on any atom is 0.346 e. The number of H-pyrrole nitrogens is 1. The number of nitrogens with zero attached hydrogens (tertiary/aromatic N) is 3. The van der Waals surface area contributed by atoms with Crippen LogP contribution < -0.4 is 5.56 Å². The lowest BCUT2D eigenvalue weighted by atomic mass is 10.00. The van der Waals surface area contributed by atoms with E-state index in [9.17, 15) is 14.0 Å². The second-order valence-corrected chi connectivity index (χ2v) is 8.06. The summed E-state index contributed by atoms with van der Waals surface area (Å²) in [5.41, 5.74) is 0.913. The Morgan fingerprint density at radius 2 is 1.78 bits per heavy atom. The molecule has 3 aromatic carbocycles. The van der Waals surface area contributed by atoms with Gasteiger partial charge in [-0.2, -0.15) is 9.78 Å². The minimum Gasteiger partial charge on any atom is -0.462 e. The predicted molar refractivity (Wildman–Crippen MR) is 133 cm³/mol. The molecule has 0 amide bonds. The van der Waals surface area contributed by atoms with Gasteiger partial charge in [-0.1, -0.05) is 42.5 Å². The number of ether oxygens (including phenoxy) is 1. The van der Waals surface area contributed by atoms with Gasteiger partial charge in [0.1, 0.15) is 11.6 Å². The molecule has 0 saturated heterocycles. The minimum atomic E-state index is -0.876. The number of carbonyl (C=O) groups is 1. The summed E-state index contributed by atoms with van der Waals surface area (Å²) in [4.78, 5) is 31.3. The van der Waals surface area contributed by atoms with Gasteiger partial charge in [0.15, 0.2) is 11.2 Å². The van der Waals surface area contributed by atoms with E-state index in [-0.39, 0.29) is 34.6 Å². The standard InChI is InChI=1S/C28H18F2N4O3/c1-2-37-28(36)23-24(18-10-8-16(15-31)9-11-18)32-26-22(20-13-12-19(29)14-21(20)30)25(33-34(26)27(23)35)17-6-4-3-5-7-17/h3-14,33H,2H2,1H3. The Kier molecular flexibility index (Phi) is 6.07. The molecule has 5 rings (SSSR count). The van der Waals surface area contributed by atoms with Crippen molar-refractivity contribution in [1.29, 1.82) is 5.26 Å². The van der Waals surface area contributed by atoms with Crippen molar-refractivity contribution in [2.75, 3.05) is 6.61 Å². The van der Waals surface area contributed by atoms with Crippen molar-refractivity contribution in [3.05, 3.63) is 106 Å². The lowest BCUT2D eigenvalue weighted by Gasteiger charge is -2.10. The van der Waals surface area contributed by atoms with Crippen molar-refractivity contribution < 1.29 is 18.3 Å². The molecule has 9 heteroatoms. The molecule has 0 aliphatic rings. The number of carbonyl (C=O) groups excluding carboxylic acids is 1. The van der Waals surface area contributed by atoms with E-state index in [4.69, 9.17) is 10.00 Å². The molecule has 0 saturated carbocycles. The van der Waals surface area contributed by atoms with Crippen LogP contribution in [-0.2, 0) is 4.74 Å². The normalized spacial score (nSPS) is 10.9. The Morgan fingerprint density at radius 3 is 2.43 bits per heavy atom. The van der Waals surface area contributed by atoms with E-state index < -0.39 is 23.2 Å². The number of halogens is 2. The number of esters is 1. The van der Waals surface area contributed by atoms with Crippen molar-refractivity contribution >= 4 is 11.6 Å². The molecule has 0 spiro atoms. The van der Waals surface area contributed by atoms with E-state index >= 15 is 4.39 Å². The molecule has 7 nitrogen and oxygen atoms in total. The second kappa shape index (κ2) is 9.51. The second-order valence-electron chi connectivity index (χ2n) is 8.06. The fourth-order valence-electron chi connectivity index (χ4n) is 4.13. The monoisotopic (exact) mass is 496 g/mol. The molecule has 5 aromatic rings. The lowest BCUT2D eigenvalue weighted by Crippen LogP contribution is -2.26. The van der Waals surface area contributed by atoms with Gasteiger partial charge in [0.05, 0.1) is 35.2 Å². The Bertz CT molecular complexity index is 1750. The number of benzene rings is 3. The fraction of sp³-hybridized carbons (Fsp3) is 0.0714. The number of hydrogen-bond donors (Lipinski definition) is 1. The van der Waals surface area contributed by atoms with Crippen LogP contribution in [0.2, 0.25) is 0 Å². The van der Waals surface area contributed by atoms with E-state index in [0.717, 1.165) is 16.6 Å². The molecule has 2 aromatic heterocycles. The zero-order valence-corrected chi connectivity index (χ0v) is 19.5. The Balaban J connectivity index is 1.91. The third kappa shape index (κ3) is 4.15. The summed E-state index contributed by atoms with van der Waals surface area (Å²) in [6, 6.07) is 20.2. The predicted octanol–water partition coefficient (Wildman–Crippen LogP) is 5.35. The summed E-state index contributed by atoms with van der Waals surface area (Å²) in [5, 5.41) is 12.1. The number of hydrogen-bond acceptors (Lipinski definition) is 5. The zero-order valence-electron chi connectivity index (χ0n) is 19.5. The first-order chi connectivity index (χ1) is 17.9. The van der Waals surface area contributed by atoms with Crippen LogP contribution in [0.5, 0.6) is 0 Å². The van der Waals surface area contributed by atoms with Crippen LogP contribution in [0.25, 0.3) is 39.3 Å². The number of fused-ring (bicyclic) bond motifs is 1. The molecule has 0 radical (unpaired) electrons. The average molecular weight is 496 g/mol. The van der Waals surface area contributed by atoms with E-state index in [0.29, 0.717) is 22.4 Å². The molecule has 2 heterocycles. The molecule has 0 aliphatic carbocycles. The highest BCUT2D eigenvalue weighted by Crippen LogP contribution is 2.36. The van der Waals surface area contributed by atoms with Crippen LogP contribution in [-0.4, -0.2) is 27.2 Å². The lowest BCUT2D eigenvalue weighted by molar-refractivity contribution is 0.0524. The Hall–Kier alpha value is -5.10. The van der Waals surface area contributed by atoms with Crippen molar-refractivity contribution in [2.45, 2.75) is 6.92 Å². The number of rotatable bonds is 5. The van der Waals surface area contributed by atoms with Crippen LogP contribution in [0.4, 0.5) is 8.78 Å². The van der Waals surface area contributed by atoms with Gasteiger partial charge in [-0.25, -0.2) is 18.6 Å². The molecule has 0 fully saturated rings. The van der Waals surface area contributed by atoms with E-state index in [1.165, 1.54) is 18.2 Å². The fourth-order valence-corrected chi connectivity index (χ4v) is 4.13. The first-order valence-corrected chi connectivity index (χ1v) is 11.3. The van der Waals surface area contributed by atoms with Crippen molar-refractivity contribution in [2.24, 2.45) is 0 Å². The molecule has 37 heavy (non-hydrogen) atoms. The Morgan fingerprint density at radius 1 is 1.05 bits per heavy atom. The van der Waals surface area contributed by atoms with Crippen molar-refractivity contribution in [3.63, 3.8) is 0 Å². The van der Waals surface area contributed by atoms with Crippen LogP contribution >= 0.6 is 0 Å². The van der Waals surface area contributed by atoms with Gasteiger partial charge < -0.3 is 4.74 Å². The Labute approximate surface area is 209 Å².